The van der Waals surface area contributed by atoms with E-state index in [2.05, 4.69) is 69.4 Å². The smallest absolute Gasteiger partial charge is 0.306 e. The van der Waals surface area contributed by atoms with Crippen molar-refractivity contribution in [2.45, 2.75) is 406 Å². The maximum atomic E-state index is 13.0. The molecule has 0 aliphatic rings. The van der Waals surface area contributed by atoms with E-state index in [0.29, 0.717) is 19.3 Å². The summed E-state index contributed by atoms with van der Waals surface area (Å²) in [5.41, 5.74) is 0. The van der Waals surface area contributed by atoms with E-state index in [4.69, 9.17) is 14.2 Å². The molecule has 0 amide bonds. The van der Waals surface area contributed by atoms with E-state index >= 15 is 0 Å². The molecular formula is C76H140O6. The van der Waals surface area contributed by atoms with Crippen molar-refractivity contribution in [3.8, 4) is 0 Å². The second kappa shape index (κ2) is 70.9. The number of allylic oxidation sites excluding steroid dienone is 8. The third-order valence-electron chi connectivity index (χ3n) is 16.6. The van der Waals surface area contributed by atoms with Crippen LogP contribution >= 0.6 is 0 Å². The number of carbonyl (C=O) groups excluding carboxylic acids is 3. The summed E-state index contributed by atoms with van der Waals surface area (Å²) >= 11 is 0. The van der Waals surface area contributed by atoms with Crippen molar-refractivity contribution < 1.29 is 28.6 Å². The van der Waals surface area contributed by atoms with E-state index in [1.54, 1.807) is 0 Å². The average Bonchev–Trinajstić information content (AvgIpc) is 3.47. The minimum atomic E-state index is -0.781. The van der Waals surface area contributed by atoms with Gasteiger partial charge >= 0.3 is 17.9 Å². The van der Waals surface area contributed by atoms with Crippen LogP contribution in [0.5, 0.6) is 0 Å². The van der Waals surface area contributed by atoms with Gasteiger partial charge in [-0.2, -0.15) is 0 Å². The number of hydrogen-bond donors (Lipinski definition) is 0. The van der Waals surface area contributed by atoms with Crippen LogP contribution in [0, 0.1) is 0 Å². The first kappa shape index (κ1) is 79.4. The van der Waals surface area contributed by atoms with Crippen molar-refractivity contribution in [2.75, 3.05) is 13.2 Å². The minimum absolute atomic E-state index is 0.0754. The van der Waals surface area contributed by atoms with E-state index in [0.717, 1.165) is 83.5 Å². The Labute approximate surface area is 511 Å². The van der Waals surface area contributed by atoms with Crippen LogP contribution in [0.2, 0.25) is 0 Å². The normalized spacial score (nSPS) is 12.3. The lowest BCUT2D eigenvalue weighted by atomic mass is 10.0. The van der Waals surface area contributed by atoms with Crippen molar-refractivity contribution >= 4 is 17.9 Å². The summed E-state index contributed by atoms with van der Waals surface area (Å²) in [5.74, 6) is -0.868. The van der Waals surface area contributed by atoms with Crippen molar-refractivity contribution in [3.05, 3.63) is 48.6 Å². The molecule has 0 aromatic rings. The van der Waals surface area contributed by atoms with Gasteiger partial charge < -0.3 is 14.2 Å². The lowest BCUT2D eigenvalue weighted by molar-refractivity contribution is -0.167. The van der Waals surface area contributed by atoms with Gasteiger partial charge in [-0.3, -0.25) is 14.4 Å². The van der Waals surface area contributed by atoms with Crippen LogP contribution in [0.3, 0.4) is 0 Å². The van der Waals surface area contributed by atoms with Crippen LogP contribution in [0.15, 0.2) is 48.6 Å². The maximum Gasteiger partial charge on any atom is 0.306 e. The summed E-state index contributed by atoms with van der Waals surface area (Å²) in [6, 6.07) is 0. The van der Waals surface area contributed by atoms with Gasteiger partial charge in [0.15, 0.2) is 6.10 Å². The molecule has 0 bridgehead atoms. The standard InChI is InChI=1S/C76H140O6/c1-4-7-10-13-16-19-22-25-28-30-32-33-34-35-36-37-38-39-40-41-42-44-45-48-51-54-57-60-63-66-69-75(78)81-72-73(71-80-74(77)68-65-62-59-56-53-50-47-27-24-21-18-15-12-9-6-3)82-76(79)70-67-64-61-58-55-52-49-46-43-31-29-26-23-20-17-14-11-8-5-2/h17-18,20-21,26-27,29,47,73H,4-16,19,22-25,28,30-46,48-72H2,1-3H3/b20-17-,21-18-,29-26-,47-27-. The Balaban J connectivity index is 4.20. The quantitative estimate of drug-likeness (QED) is 0.0261. The lowest BCUT2D eigenvalue weighted by Gasteiger charge is -2.18. The van der Waals surface area contributed by atoms with Crippen LogP contribution in [0.25, 0.3) is 0 Å². The Morgan fingerprint density at radius 2 is 0.439 bits per heavy atom. The molecule has 0 saturated heterocycles. The summed E-state index contributed by atoms with van der Waals surface area (Å²) < 4.78 is 17.0. The molecule has 0 rings (SSSR count). The average molecular weight is 1150 g/mol. The number of hydrogen-bond acceptors (Lipinski definition) is 6. The molecule has 6 heteroatoms. The van der Waals surface area contributed by atoms with Gasteiger partial charge in [0.1, 0.15) is 13.2 Å². The van der Waals surface area contributed by atoms with Crippen molar-refractivity contribution in [3.63, 3.8) is 0 Å². The molecule has 0 aliphatic carbocycles. The second-order valence-corrected chi connectivity index (χ2v) is 24.9. The predicted molar refractivity (Wildman–Crippen MR) is 358 cm³/mol. The fraction of sp³-hybridized carbons (Fsp3) is 0.855. The molecule has 0 radical (unpaired) electrons. The molecule has 1 unspecified atom stereocenters. The molecule has 0 aromatic heterocycles. The summed E-state index contributed by atoms with van der Waals surface area (Å²) in [6.45, 7) is 6.64. The fourth-order valence-electron chi connectivity index (χ4n) is 11.0. The summed E-state index contributed by atoms with van der Waals surface area (Å²) in [7, 11) is 0. The second-order valence-electron chi connectivity index (χ2n) is 24.9. The van der Waals surface area contributed by atoms with Crippen LogP contribution in [0.4, 0.5) is 0 Å². The molecule has 0 aromatic carbocycles. The van der Waals surface area contributed by atoms with Gasteiger partial charge in [-0.05, 0) is 83.5 Å². The Hall–Kier alpha value is -2.63. The van der Waals surface area contributed by atoms with Crippen molar-refractivity contribution in [2.24, 2.45) is 0 Å². The number of ether oxygens (including phenoxy) is 3. The highest BCUT2D eigenvalue weighted by atomic mass is 16.6. The molecule has 0 spiro atoms. The van der Waals surface area contributed by atoms with Crippen LogP contribution < -0.4 is 0 Å². The van der Waals surface area contributed by atoms with E-state index in [1.165, 1.54) is 276 Å². The molecule has 0 N–H and O–H groups in total. The Morgan fingerprint density at radius 1 is 0.244 bits per heavy atom. The lowest BCUT2D eigenvalue weighted by Crippen LogP contribution is -2.30. The highest BCUT2D eigenvalue weighted by Crippen LogP contribution is 2.19. The zero-order valence-electron chi connectivity index (χ0n) is 55.3. The molecule has 0 saturated carbocycles. The number of esters is 3. The first-order valence-electron chi connectivity index (χ1n) is 36.6. The van der Waals surface area contributed by atoms with E-state index in [9.17, 15) is 14.4 Å². The summed E-state index contributed by atoms with van der Waals surface area (Å²) in [6.07, 6.45) is 90.1. The van der Waals surface area contributed by atoms with E-state index < -0.39 is 6.10 Å². The van der Waals surface area contributed by atoms with Gasteiger partial charge in [-0.25, -0.2) is 0 Å². The van der Waals surface area contributed by atoms with Gasteiger partial charge in [0.05, 0.1) is 0 Å². The van der Waals surface area contributed by atoms with Crippen molar-refractivity contribution in [1.29, 1.82) is 0 Å². The Kier molecular flexibility index (Phi) is 68.6. The summed E-state index contributed by atoms with van der Waals surface area (Å²) in [5, 5.41) is 0. The van der Waals surface area contributed by atoms with Crippen LogP contribution in [-0.4, -0.2) is 37.2 Å². The Bertz CT molecular complexity index is 1410. The van der Waals surface area contributed by atoms with Crippen LogP contribution in [0.1, 0.15) is 400 Å². The first-order chi connectivity index (χ1) is 40.5. The molecule has 0 heterocycles. The molecule has 82 heavy (non-hydrogen) atoms. The molecule has 0 aliphatic heterocycles. The predicted octanol–water partition coefficient (Wildman–Crippen LogP) is 25.3. The van der Waals surface area contributed by atoms with E-state index in [1.807, 2.05) is 0 Å². The highest BCUT2D eigenvalue weighted by Gasteiger charge is 2.19. The van der Waals surface area contributed by atoms with Gasteiger partial charge in [0, 0.05) is 19.3 Å². The summed E-state index contributed by atoms with van der Waals surface area (Å²) in [4.78, 5) is 38.5. The fourth-order valence-corrected chi connectivity index (χ4v) is 11.0. The van der Waals surface area contributed by atoms with Crippen molar-refractivity contribution in [1.82, 2.24) is 0 Å². The zero-order chi connectivity index (χ0) is 59.2. The van der Waals surface area contributed by atoms with Gasteiger partial charge in [-0.1, -0.05) is 345 Å². The van der Waals surface area contributed by atoms with Crippen LogP contribution in [-0.2, 0) is 28.6 Å². The third kappa shape index (κ3) is 68.2. The topological polar surface area (TPSA) is 78.9 Å². The maximum absolute atomic E-state index is 13.0. The monoisotopic (exact) mass is 1150 g/mol. The molecule has 6 nitrogen and oxygen atoms in total. The van der Waals surface area contributed by atoms with E-state index in [-0.39, 0.29) is 31.1 Å². The molecule has 1 atom stereocenters. The highest BCUT2D eigenvalue weighted by molar-refractivity contribution is 5.71. The third-order valence-corrected chi connectivity index (χ3v) is 16.6. The molecular weight excluding hydrogens is 1010 g/mol. The molecule has 0 fully saturated rings. The van der Waals surface area contributed by atoms with Gasteiger partial charge in [0.25, 0.3) is 0 Å². The van der Waals surface area contributed by atoms with Gasteiger partial charge in [0.2, 0.25) is 0 Å². The number of unbranched alkanes of at least 4 members (excludes halogenated alkanes) is 49. The number of rotatable bonds is 68. The zero-order valence-corrected chi connectivity index (χ0v) is 55.3. The first-order valence-corrected chi connectivity index (χ1v) is 36.6. The minimum Gasteiger partial charge on any atom is -0.462 e. The number of carbonyl (C=O) groups is 3. The molecule has 480 valence electrons. The largest absolute Gasteiger partial charge is 0.462 e. The SMILES string of the molecule is CCCCC/C=C\C/C=C\CCCCCCCCCCCC(=O)OC(COC(=O)CCCCCCC/C=C\C/C=C\CCCCC)COC(=O)CCCCCCCCCCCCCCCCCCCCCCCCCCCCCCCC. The van der Waals surface area contributed by atoms with Gasteiger partial charge in [-0.15, -0.1) is 0 Å². The Morgan fingerprint density at radius 3 is 0.695 bits per heavy atom.